The molecule has 2 aromatic carbocycles. The number of Topliss-reactive ketones (excluding diaryl/α,β-unsaturated/α-hetero) is 2. The van der Waals surface area contributed by atoms with Crippen molar-refractivity contribution >= 4 is 86.7 Å². The molecule has 0 saturated heterocycles. The van der Waals surface area contributed by atoms with Crippen LogP contribution in [0.3, 0.4) is 0 Å². The predicted molar refractivity (Wildman–Crippen MR) is 229 cm³/mol. The summed E-state index contributed by atoms with van der Waals surface area (Å²) in [4.78, 5) is 26.5. The lowest BCUT2D eigenvalue weighted by atomic mass is 9.72. The van der Waals surface area contributed by atoms with Crippen molar-refractivity contribution in [2.24, 2.45) is 42.1 Å². The van der Waals surface area contributed by atoms with Crippen LogP contribution < -0.4 is 4.74 Å². The zero-order valence-corrected chi connectivity index (χ0v) is 38.6. The fourth-order valence-electron chi connectivity index (χ4n) is 5.46. The quantitative estimate of drug-likeness (QED) is 0.270. The standard InChI is InChI=1S/C42H46Br4N4O3/c1-39(2,3)25-13-23(14-26(37(25)51)40(4,5)6)21-47-49-33-17-31(45)35(19-29(33)43)53-36-20-30(44)34(18-32(36)46)50-48-22-24-15-27(41(7,8)9)38(52)28(16-24)42(10,11)12/h13-22H,1-12H3. The van der Waals surface area contributed by atoms with E-state index in [1.807, 2.05) is 132 Å². The number of halogens is 4. The first kappa shape index (κ1) is 42.9. The van der Waals surface area contributed by atoms with Gasteiger partial charge in [-0.25, -0.2) is 0 Å². The molecule has 0 atom stereocenters. The third-order valence-corrected chi connectivity index (χ3v) is 10.9. The summed E-state index contributed by atoms with van der Waals surface area (Å²) in [5.74, 6) is 1.25. The van der Waals surface area contributed by atoms with Crippen molar-refractivity contribution in [1.82, 2.24) is 0 Å². The van der Waals surface area contributed by atoms with E-state index in [0.717, 1.165) is 33.4 Å². The van der Waals surface area contributed by atoms with Crippen LogP contribution in [0, 0.1) is 21.7 Å². The minimum Gasteiger partial charge on any atom is -0.455 e. The molecule has 11 heteroatoms. The maximum atomic E-state index is 13.3. The summed E-state index contributed by atoms with van der Waals surface area (Å²) in [5.41, 5.74) is 4.58. The zero-order chi connectivity index (χ0) is 39.8. The van der Waals surface area contributed by atoms with E-state index in [-0.39, 0.29) is 33.2 Å². The van der Waals surface area contributed by atoms with Crippen molar-refractivity contribution in [3.63, 3.8) is 0 Å². The van der Waals surface area contributed by atoms with Crippen molar-refractivity contribution in [2.45, 2.75) is 83.1 Å². The highest BCUT2D eigenvalue weighted by Crippen LogP contribution is 2.44. The number of nitrogens with zero attached hydrogens (tertiary/aromatic N) is 4. The van der Waals surface area contributed by atoms with Crippen LogP contribution in [-0.2, 0) is 9.59 Å². The number of ether oxygens (including phenoxy) is 1. The highest BCUT2D eigenvalue weighted by atomic mass is 79.9. The lowest BCUT2D eigenvalue weighted by Gasteiger charge is -2.31. The summed E-state index contributed by atoms with van der Waals surface area (Å²) in [6.45, 7) is 24.5. The van der Waals surface area contributed by atoms with Crippen LogP contribution in [-0.4, -0.2) is 11.6 Å². The van der Waals surface area contributed by atoms with E-state index in [9.17, 15) is 9.59 Å². The minimum atomic E-state index is -0.310. The van der Waals surface area contributed by atoms with E-state index in [1.165, 1.54) is 0 Å². The first-order chi connectivity index (χ1) is 24.3. The average Bonchev–Trinajstić information content (AvgIpc) is 3.00. The van der Waals surface area contributed by atoms with Crippen LogP contribution in [0.15, 0.2) is 133 Å². The average molecular weight is 974 g/mol. The van der Waals surface area contributed by atoms with E-state index in [2.05, 4.69) is 84.2 Å². The molecule has 2 aliphatic carbocycles. The first-order valence-corrected chi connectivity index (χ1v) is 20.3. The largest absolute Gasteiger partial charge is 0.455 e. The Kier molecular flexibility index (Phi) is 13.0. The molecule has 280 valence electrons. The summed E-state index contributed by atoms with van der Waals surface area (Å²) in [7, 11) is 0. The summed E-state index contributed by atoms with van der Waals surface area (Å²) >= 11 is 14.5. The smallest absolute Gasteiger partial charge is 0.186 e. The van der Waals surface area contributed by atoms with Gasteiger partial charge in [-0.3, -0.25) is 9.59 Å². The molecule has 0 heterocycles. The van der Waals surface area contributed by atoms with Crippen LogP contribution in [0.5, 0.6) is 11.5 Å². The fourth-order valence-corrected chi connectivity index (χ4v) is 7.09. The van der Waals surface area contributed by atoms with Crippen molar-refractivity contribution in [1.29, 1.82) is 0 Å². The van der Waals surface area contributed by atoms with E-state index >= 15 is 0 Å². The van der Waals surface area contributed by atoms with Gasteiger partial charge in [0.25, 0.3) is 0 Å². The molecule has 53 heavy (non-hydrogen) atoms. The monoisotopic (exact) mass is 970 g/mol. The maximum Gasteiger partial charge on any atom is 0.186 e. The Morgan fingerprint density at radius 1 is 0.472 bits per heavy atom. The van der Waals surface area contributed by atoms with Gasteiger partial charge in [0.15, 0.2) is 11.6 Å². The molecule has 2 aromatic rings. The minimum absolute atomic E-state index is 0.0748. The van der Waals surface area contributed by atoms with Crippen molar-refractivity contribution in [2.75, 3.05) is 0 Å². The zero-order valence-electron chi connectivity index (χ0n) is 32.3. The van der Waals surface area contributed by atoms with Gasteiger partial charge in [-0.15, -0.1) is 10.2 Å². The van der Waals surface area contributed by atoms with Crippen molar-refractivity contribution < 1.29 is 14.3 Å². The van der Waals surface area contributed by atoms with Crippen LogP contribution in [0.2, 0.25) is 0 Å². The number of carbonyl (C=O) groups is 2. The molecule has 0 radical (unpaired) electrons. The second kappa shape index (κ2) is 16.1. The molecule has 0 fully saturated rings. The van der Waals surface area contributed by atoms with Gasteiger partial charge in [-0.1, -0.05) is 83.1 Å². The van der Waals surface area contributed by atoms with Gasteiger partial charge in [-0.05, 0) is 145 Å². The molecular weight excluding hydrogens is 928 g/mol. The van der Waals surface area contributed by atoms with E-state index in [0.29, 0.717) is 40.8 Å². The third kappa shape index (κ3) is 10.7. The molecule has 2 aliphatic rings. The van der Waals surface area contributed by atoms with E-state index < -0.39 is 0 Å². The summed E-state index contributed by atoms with van der Waals surface area (Å²) in [6.07, 6.45) is 11.0. The van der Waals surface area contributed by atoms with Gasteiger partial charge in [0.05, 0.1) is 21.3 Å². The van der Waals surface area contributed by atoms with Crippen LogP contribution in [0.1, 0.15) is 83.1 Å². The second-order valence-corrected chi connectivity index (χ2v) is 20.6. The lowest BCUT2D eigenvalue weighted by molar-refractivity contribution is -0.114. The summed E-state index contributed by atoms with van der Waals surface area (Å²) < 4.78 is 8.99. The Labute approximate surface area is 347 Å². The second-order valence-electron chi connectivity index (χ2n) is 17.1. The molecule has 4 rings (SSSR count). The summed E-state index contributed by atoms with van der Waals surface area (Å²) in [5, 5.41) is 17.6. The van der Waals surface area contributed by atoms with Gasteiger partial charge < -0.3 is 4.74 Å². The molecule has 0 spiro atoms. The van der Waals surface area contributed by atoms with Crippen LogP contribution in [0.4, 0.5) is 11.4 Å². The number of allylic oxidation sites excluding steroid dienone is 10. The van der Waals surface area contributed by atoms with Crippen molar-refractivity contribution in [3.05, 3.63) is 112 Å². The van der Waals surface area contributed by atoms with Crippen LogP contribution in [0.25, 0.3) is 0 Å². The van der Waals surface area contributed by atoms with Gasteiger partial charge in [0.1, 0.15) is 22.9 Å². The van der Waals surface area contributed by atoms with Crippen LogP contribution >= 0.6 is 63.7 Å². The number of carbonyl (C=O) groups excluding carboxylic acids is 2. The first-order valence-electron chi connectivity index (χ1n) is 17.1. The molecule has 0 saturated carbocycles. The number of rotatable bonds is 6. The molecule has 0 bridgehead atoms. The van der Waals surface area contributed by atoms with Gasteiger partial charge in [0, 0.05) is 31.2 Å². The fraction of sp³-hybridized carbons (Fsp3) is 0.381. The lowest BCUT2D eigenvalue weighted by Crippen LogP contribution is -2.27. The van der Waals surface area contributed by atoms with Gasteiger partial charge in [-0.2, -0.15) is 10.2 Å². The highest BCUT2D eigenvalue weighted by molar-refractivity contribution is 9.11. The van der Waals surface area contributed by atoms with Crippen molar-refractivity contribution in [3.8, 4) is 11.5 Å². The van der Waals surface area contributed by atoms with Gasteiger partial charge >= 0.3 is 0 Å². The van der Waals surface area contributed by atoms with E-state index in [4.69, 9.17) is 4.74 Å². The molecule has 0 aliphatic heterocycles. The Morgan fingerprint density at radius 2 is 0.755 bits per heavy atom. The molecular formula is C42H46Br4N4O3. The number of ketones is 2. The Balaban J connectivity index is 1.56. The molecule has 7 nitrogen and oxygen atoms in total. The number of hydrogen-bond donors (Lipinski definition) is 0. The molecule has 0 N–H and O–H groups in total. The van der Waals surface area contributed by atoms with E-state index in [1.54, 1.807) is 12.4 Å². The Morgan fingerprint density at radius 3 is 1.02 bits per heavy atom. The molecule has 0 unspecified atom stereocenters. The number of hydrogen-bond acceptors (Lipinski definition) is 7. The summed E-state index contributed by atoms with van der Waals surface area (Å²) in [6, 6.07) is 7.26. The third-order valence-electron chi connectivity index (χ3n) is 8.42. The Bertz CT molecular complexity index is 1880. The topological polar surface area (TPSA) is 92.8 Å². The maximum absolute atomic E-state index is 13.3. The highest BCUT2D eigenvalue weighted by Gasteiger charge is 2.35. The molecule has 0 aromatic heterocycles. The predicted octanol–water partition coefficient (Wildman–Crippen LogP) is 15.5. The normalized spacial score (nSPS) is 16.2. The number of azo groups is 2. The number of benzene rings is 2. The Hall–Kier alpha value is -2.86. The molecule has 0 amide bonds. The SMILES string of the molecule is CC(C)(C)C1=CC(=CN=Nc2cc(Br)c(Oc3cc(Br)c(N=NC=C4C=C(C(C)(C)C)C(=O)C(C(C)(C)C)=C4)cc3Br)cc2Br)C=C(C(C)(C)C)C1=O. The van der Waals surface area contributed by atoms with Gasteiger partial charge in [0.2, 0.25) is 0 Å².